The van der Waals surface area contributed by atoms with Gasteiger partial charge in [0.15, 0.2) is 0 Å². The van der Waals surface area contributed by atoms with Gasteiger partial charge >= 0.3 is 0 Å². The lowest BCUT2D eigenvalue weighted by atomic mass is 10.0. The highest BCUT2D eigenvalue weighted by atomic mass is 16.5. The van der Waals surface area contributed by atoms with Crippen molar-refractivity contribution in [3.05, 3.63) is 114 Å². The van der Waals surface area contributed by atoms with E-state index < -0.39 is 6.04 Å². The number of para-hydroxylation sites is 2. The summed E-state index contributed by atoms with van der Waals surface area (Å²) in [5.41, 5.74) is 3.37. The number of amides is 2. The van der Waals surface area contributed by atoms with Crippen LogP contribution in [0.25, 0.3) is 11.0 Å². The Hall–Kier alpha value is -5.18. The van der Waals surface area contributed by atoms with Crippen LogP contribution in [0.5, 0.6) is 11.5 Å². The van der Waals surface area contributed by atoms with Gasteiger partial charge < -0.3 is 14.8 Å². The molecule has 9 nitrogen and oxygen atoms in total. The maximum absolute atomic E-state index is 14.3. The van der Waals surface area contributed by atoms with E-state index in [9.17, 15) is 9.59 Å². The highest BCUT2D eigenvalue weighted by Crippen LogP contribution is 2.35. The number of nitrogens with zero attached hydrogens (tertiary/aromatic N) is 4. The van der Waals surface area contributed by atoms with E-state index in [0.717, 1.165) is 5.56 Å². The summed E-state index contributed by atoms with van der Waals surface area (Å²) in [5.74, 6) is 0.343. The fraction of sp³-hybridized carbons (Fsp3) is 0.188. The van der Waals surface area contributed by atoms with Crippen LogP contribution in [0.1, 0.15) is 24.1 Å². The summed E-state index contributed by atoms with van der Waals surface area (Å²) >= 11 is 0. The number of benzene rings is 4. The molecule has 0 aliphatic carbocycles. The number of hydrogen-bond acceptors (Lipinski definition) is 6. The molecule has 0 aliphatic rings. The number of anilines is 1. The van der Waals surface area contributed by atoms with Crippen LogP contribution in [0.3, 0.4) is 0 Å². The summed E-state index contributed by atoms with van der Waals surface area (Å²) in [6.07, 6.45) is 0. The van der Waals surface area contributed by atoms with Gasteiger partial charge in [0.1, 0.15) is 29.6 Å². The van der Waals surface area contributed by atoms with Crippen LogP contribution in [0, 0.1) is 0 Å². The molecular weight excluding hydrogens is 518 g/mol. The standard InChI is InChI=1S/C32H31N5O4/c1-3-41-29-19-10-7-16-26(29)31(32(39)33-21-23-12-5-4-6-13-23)37(24-14-11-15-25(20-24)40-2)30(38)22-36-28-18-9-8-17-27(28)34-35-36/h4-20,31H,3,21-22H2,1-2H3,(H,33,39). The van der Waals surface area contributed by atoms with Crippen LogP contribution in [0.15, 0.2) is 103 Å². The Morgan fingerprint density at radius 3 is 2.49 bits per heavy atom. The molecule has 0 saturated heterocycles. The Morgan fingerprint density at radius 1 is 0.927 bits per heavy atom. The SMILES string of the molecule is CCOc1ccccc1C(C(=O)NCc1ccccc1)N(C(=O)Cn1nnc2ccccc21)c1cccc(OC)c1. The second kappa shape index (κ2) is 12.8. The first-order valence-corrected chi connectivity index (χ1v) is 13.4. The molecule has 0 radical (unpaired) electrons. The fourth-order valence-electron chi connectivity index (χ4n) is 4.71. The largest absolute Gasteiger partial charge is 0.497 e. The molecule has 9 heteroatoms. The molecule has 0 spiro atoms. The molecule has 0 aliphatic heterocycles. The van der Waals surface area contributed by atoms with E-state index in [1.165, 1.54) is 9.58 Å². The van der Waals surface area contributed by atoms with Crippen molar-refractivity contribution >= 4 is 28.5 Å². The molecule has 1 heterocycles. The van der Waals surface area contributed by atoms with E-state index in [0.29, 0.717) is 46.9 Å². The third-order valence-electron chi connectivity index (χ3n) is 6.64. The molecule has 0 bridgehead atoms. The lowest BCUT2D eigenvalue weighted by molar-refractivity contribution is -0.127. The topological polar surface area (TPSA) is 98.6 Å². The maximum Gasteiger partial charge on any atom is 0.249 e. The zero-order chi connectivity index (χ0) is 28.6. The third-order valence-corrected chi connectivity index (χ3v) is 6.64. The van der Waals surface area contributed by atoms with Gasteiger partial charge in [0, 0.05) is 23.9 Å². The molecule has 1 N–H and O–H groups in total. The quantitative estimate of drug-likeness (QED) is 0.251. The Balaban J connectivity index is 1.60. The molecule has 5 aromatic rings. The lowest BCUT2D eigenvalue weighted by Crippen LogP contribution is -2.45. The van der Waals surface area contributed by atoms with E-state index in [1.807, 2.05) is 79.7 Å². The smallest absolute Gasteiger partial charge is 0.249 e. The van der Waals surface area contributed by atoms with Gasteiger partial charge in [-0.3, -0.25) is 14.5 Å². The molecular formula is C32H31N5O4. The zero-order valence-corrected chi connectivity index (χ0v) is 22.9. The van der Waals surface area contributed by atoms with Crippen LogP contribution in [-0.4, -0.2) is 40.5 Å². The number of carbonyl (C=O) groups is 2. The molecule has 2 amide bonds. The number of rotatable bonds is 11. The van der Waals surface area contributed by atoms with Crippen molar-refractivity contribution < 1.29 is 19.1 Å². The first-order valence-electron chi connectivity index (χ1n) is 13.4. The van der Waals surface area contributed by atoms with Crippen LogP contribution < -0.4 is 19.7 Å². The minimum absolute atomic E-state index is 0.142. The van der Waals surface area contributed by atoms with Crippen molar-refractivity contribution in [2.45, 2.75) is 26.1 Å². The second-order valence-corrected chi connectivity index (χ2v) is 9.28. The van der Waals surface area contributed by atoms with Gasteiger partial charge in [0.2, 0.25) is 11.8 Å². The van der Waals surface area contributed by atoms with Gasteiger partial charge in [-0.2, -0.15) is 0 Å². The minimum Gasteiger partial charge on any atom is -0.497 e. The molecule has 1 atom stereocenters. The number of carbonyl (C=O) groups excluding carboxylic acids is 2. The van der Waals surface area contributed by atoms with E-state index >= 15 is 0 Å². The van der Waals surface area contributed by atoms with Crippen molar-refractivity contribution in [2.24, 2.45) is 0 Å². The van der Waals surface area contributed by atoms with Crippen molar-refractivity contribution in [3.8, 4) is 11.5 Å². The van der Waals surface area contributed by atoms with Crippen LogP contribution in [0.4, 0.5) is 5.69 Å². The predicted octanol–water partition coefficient (Wildman–Crippen LogP) is 4.93. The van der Waals surface area contributed by atoms with Gasteiger partial charge in [-0.15, -0.1) is 5.10 Å². The first kappa shape index (κ1) is 27.4. The molecule has 0 saturated carbocycles. The summed E-state index contributed by atoms with van der Waals surface area (Å²) in [6.45, 7) is 2.42. The number of aromatic nitrogens is 3. The highest BCUT2D eigenvalue weighted by Gasteiger charge is 2.35. The number of hydrogen-bond donors (Lipinski definition) is 1. The molecule has 0 fully saturated rings. The third kappa shape index (κ3) is 6.19. The molecule has 208 valence electrons. The van der Waals surface area contributed by atoms with Crippen molar-refractivity contribution in [3.63, 3.8) is 0 Å². The zero-order valence-electron chi connectivity index (χ0n) is 22.9. The van der Waals surface area contributed by atoms with Crippen molar-refractivity contribution in [1.29, 1.82) is 0 Å². The average Bonchev–Trinajstić information content (AvgIpc) is 3.42. The fourth-order valence-corrected chi connectivity index (χ4v) is 4.71. The Morgan fingerprint density at radius 2 is 1.68 bits per heavy atom. The summed E-state index contributed by atoms with van der Waals surface area (Å²) in [7, 11) is 1.56. The predicted molar refractivity (Wildman–Crippen MR) is 157 cm³/mol. The maximum atomic E-state index is 14.3. The highest BCUT2D eigenvalue weighted by molar-refractivity contribution is 6.02. The van der Waals surface area contributed by atoms with Crippen LogP contribution >= 0.6 is 0 Å². The van der Waals surface area contributed by atoms with Gasteiger partial charge in [0.05, 0.1) is 19.2 Å². The van der Waals surface area contributed by atoms with Gasteiger partial charge in [0.25, 0.3) is 0 Å². The normalized spacial score (nSPS) is 11.6. The van der Waals surface area contributed by atoms with Crippen molar-refractivity contribution in [1.82, 2.24) is 20.3 Å². The van der Waals surface area contributed by atoms with E-state index in [4.69, 9.17) is 9.47 Å². The van der Waals surface area contributed by atoms with E-state index in [-0.39, 0.29) is 18.4 Å². The summed E-state index contributed by atoms with van der Waals surface area (Å²) in [6, 6.07) is 30.3. The molecule has 1 aromatic heterocycles. The Bertz CT molecular complexity index is 1640. The summed E-state index contributed by atoms with van der Waals surface area (Å²) < 4.78 is 12.9. The number of fused-ring (bicyclic) bond motifs is 1. The number of ether oxygens (including phenoxy) is 2. The Labute approximate surface area is 238 Å². The molecule has 5 rings (SSSR count). The first-order chi connectivity index (χ1) is 20.1. The molecule has 4 aromatic carbocycles. The van der Waals surface area contributed by atoms with Crippen LogP contribution in [-0.2, 0) is 22.7 Å². The summed E-state index contributed by atoms with van der Waals surface area (Å²) in [4.78, 5) is 29.9. The number of nitrogens with one attached hydrogen (secondary N) is 1. The van der Waals surface area contributed by atoms with Gasteiger partial charge in [-0.05, 0) is 42.8 Å². The summed E-state index contributed by atoms with van der Waals surface area (Å²) in [5, 5.41) is 11.4. The van der Waals surface area contributed by atoms with E-state index in [1.54, 1.807) is 37.4 Å². The average molecular weight is 550 g/mol. The van der Waals surface area contributed by atoms with Crippen LogP contribution in [0.2, 0.25) is 0 Å². The number of methoxy groups -OCH3 is 1. The van der Waals surface area contributed by atoms with Gasteiger partial charge in [-0.1, -0.05) is 71.9 Å². The molecule has 41 heavy (non-hydrogen) atoms. The lowest BCUT2D eigenvalue weighted by Gasteiger charge is -2.32. The molecule has 1 unspecified atom stereocenters. The monoisotopic (exact) mass is 549 g/mol. The van der Waals surface area contributed by atoms with Gasteiger partial charge in [-0.25, -0.2) is 4.68 Å². The second-order valence-electron chi connectivity index (χ2n) is 9.28. The van der Waals surface area contributed by atoms with Crippen molar-refractivity contribution in [2.75, 3.05) is 18.6 Å². The minimum atomic E-state index is -1.06. The Kier molecular flexibility index (Phi) is 8.54. The van der Waals surface area contributed by atoms with E-state index in [2.05, 4.69) is 15.6 Å².